The van der Waals surface area contributed by atoms with Gasteiger partial charge >= 0.3 is 0 Å². The Morgan fingerprint density at radius 1 is 1.41 bits per heavy atom. The quantitative estimate of drug-likeness (QED) is 0.395. The Kier molecular flexibility index (Phi) is 6.50. The first-order chi connectivity index (χ1) is 12.9. The predicted molar refractivity (Wildman–Crippen MR) is 101 cm³/mol. The molecule has 27 heavy (non-hydrogen) atoms. The molecule has 0 aromatic carbocycles. The SMILES string of the molecule is O=IN[C@H](C(=O)Nc1cnn(CC2CCNC2=O)c1)C1CCC(F)(F)CC1. The molecule has 2 aliphatic rings. The summed E-state index contributed by atoms with van der Waals surface area (Å²) in [5.41, 5.74) is 0.454. The fourth-order valence-corrected chi connectivity index (χ4v) is 4.65. The first kappa shape index (κ1) is 20.2. The van der Waals surface area contributed by atoms with Crippen LogP contribution in [0.2, 0.25) is 0 Å². The third kappa shape index (κ3) is 5.27. The van der Waals surface area contributed by atoms with E-state index < -0.39 is 39.3 Å². The topological polar surface area (TPSA) is 105 Å². The zero-order valence-electron chi connectivity index (χ0n) is 14.6. The van der Waals surface area contributed by atoms with Crippen LogP contribution in [-0.2, 0) is 19.2 Å². The molecule has 2 fully saturated rings. The minimum Gasteiger partial charge on any atom is -0.356 e. The number of alkyl halides is 2. The molecule has 2 atom stereocenters. The summed E-state index contributed by atoms with van der Waals surface area (Å²) in [4.78, 5) is 24.2. The molecule has 3 N–H and O–H groups in total. The van der Waals surface area contributed by atoms with Crippen molar-refractivity contribution in [3.05, 3.63) is 12.4 Å². The molecule has 150 valence electrons. The molecular weight excluding hydrogens is 475 g/mol. The van der Waals surface area contributed by atoms with Gasteiger partial charge in [-0.3, -0.25) is 17.3 Å². The lowest BCUT2D eigenvalue weighted by atomic mass is 9.82. The van der Waals surface area contributed by atoms with E-state index in [4.69, 9.17) is 0 Å². The third-order valence-corrected chi connectivity index (χ3v) is 6.07. The molecule has 1 saturated heterocycles. The van der Waals surface area contributed by atoms with Crippen molar-refractivity contribution in [2.24, 2.45) is 11.8 Å². The van der Waals surface area contributed by atoms with E-state index in [1.54, 1.807) is 10.9 Å². The van der Waals surface area contributed by atoms with Crippen molar-refractivity contribution >= 4 is 39.0 Å². The molecule has 0 radical (unpaired) electrons. The van der Waals surface area contributed by atoms with Crippen LogP contribution < -0.4 is 14.2 Å². The van der Waals surface area contributed by atoms with Crippen LogP contribution >= 0.6 is 21.5 Å². The minimum atomic E-state index is -2.68. The molecule has 8 nitrogen and oxygen atoms in total. The van der Waals surface area contributed by atoms with Crippen molar-refractivity contribution < 1.29 is 21.4 Å². The van der Waals surface area contributed by atoms with E-state index in [0.29, 0.717) is 18.8 Å². The molecule has 1 aromatic heterocycles. The molecule has 3 rings (SSSR count). The van der Waals surface area contributed by atoms with Crippen LogP contribution in [0, 0.1) is 11.8 Å². The number of hydrogen-bond acceptors (Lipinski definition) is 4. The average molecular weight is 497 g/mol. The Balaban J connectivity index is 1.59. The standard InChI is InChI=1S/C16H22F2IN5O3/c17-16(18)4-1-10(2-5-16)13(23-19-27)15(26)22-12-7-21-24(9-12)8-11-3-6-20-14(11)25/h7,9-11,13H,1-6,8H2,(H,20,25)(H,22,26)(H,23,27)/t11?,13-/m0/s1. The lowest BCUT2D eigenvalue weighted by molar-refractivity contribution is -0.123. The molecule has 0 bridgehead atoms. The number of hydrogen-bond donors (Lipinski definition) is 3. The van der Waals surface area contributed by atoms with E-state index in [9.17, 15) is 21.4 Å². The molecule has 1 aliphatic heterocycles. The fraction of sp³-hybridized carbons (Fsp3) is 0.688. The van der Waals surface area contributed by atoms with Crippen molar-refractivity contribution in [3.63, 3.8) is 0 Å². The highest BCUT2D eigenvalue weighted by Gasteiger charge is 2.39. The molecule has 1 unspecified atom stereocenters. The van der Waals surface area contributed by atoms with Gasteiger partial charge in [0, 0.05) is 25.6 Å². The van der Waals surface area contributed by atoms with Crippen LogP contribution in [0.1, 0.15) is 32.1 Å². The second-order valence-electron chi connectivity index (χ2n) is 7.07. The van der Waals surface area contributed by atoms with Gasteiger partial charge in [-0.2, -0.15) is 5.10 Å². The van der Waals surface area contributed by atoms with Crippen LogP contribution in [0.3, 0.4) is 0 Å². The predicted octanol–water partition coefficient (Wildman–Crippen LogP) is 1.97. The Morgan fingerprint density at radius 3 is 2.78 bits per heavy atom. The fourth-order valence-electron chi connectivity index (χ4n) is 3.59. The van der Waals surface area contributed by atoms with Gasteiger partial charge in [-0.15, -0.1) is 0 Å². The average Bonchev–Trinajstić information content (AvgIpc) is 3.23. The highest BCUT2D eigenvalue weighted by atomic mass is 127. The molecule has 2 heterocycles. The summed E-state index contributed by atoms with van der Waals surface area (Å²) in [6, 6.07) is -0.768. The van der Waals surface area contributed by atoms with Crippen molar-refractivity contribution in [2.45, 2.75) is 50.6 Å². The van der Waals surface area contributed by atoms with Crippen molar-refractivity contribution in [1.29, 1.82) is 0 Å². The van der Waals surface area contributed by atoms with Crippen LogP contribution in [0.5, 0.6) is 0 Å². The van der Waals surface area contributed by atoms with Gasteiger partial charge in [-0.25, -0.2) is 12.3 Å². The molecule has 1 aliphatic carbocycles. The first-order valence-corrected chi connectivity index (χ1v) is 10.8. The second-order valence-corrected chi connectivity index (χ2v) is 8.14. The van der Waals surface area contributed by atoms with Gasteiger partial charge < -0.3 is 10.6 Å². The number of rotatable bonds is 7. The summed E-state index contributed by atoms with van der Waals surface area (Å²) < 4.78 is 42.1. The van der Waals surface area contributed by atoms with Gasteiger partial charge in [-0.1, -0.05) is 0 Å². The summed E-state index contributed by atoms with van der Waals surface area (Å²) in [7, 11) is 0. The number of carbonyl (C=O) groups is 2. The summed E-state index contributed by atoms with van der Waals surface area (Å²) in [6.07, 6.45) is 3.73. The Morgan fingerprint density at radius 2 is 2.15 bits per heavy atom. The minimum absolute atomic E-state index is 0.00572. The molecule has 1 aromatic rings. The Labute approximate surface area is 165 Å². The highest BCUT2D eigenvalue weighted by molar-refractivity contribution is 14.1. The highest BCUT2D eigenvalue weighted by Crippen LogP contribution is 2.38. The number of amides is 2. The Bertz CT molecular complexity index is 704. The lowest BCUT2D eigenvalue weighted by Gasteiger charge is -2.32. The smallest absolute Gasteiger partial charge is 0.248 e. The second kappa shape index (κ2) is 8.67. The first-order valence-electron chi connectivity index (χ1n) is 8.88. The molecule has 2 amide bonds. The van der Waals surface area contributed by atoms with Crippen molar-refractivity contribution in [1.82, 2.24) is 18.6 Å². The van der Waals surface area contributed by atoms with E-state index in [1.807, 2.05) is 0 Å². The van der Waals surface area contributed by atoms with E-state index >= 15 is 0 Å². The van der Waals surface area contributed by atoms with Crippen LogP contribution in [0.15, 0.2) is 12.4 Å². The summed E-state index contributed by atoms with van der Waals surface area (Å²) >= 11 is -1.62. The summed E-state index contributed by atoms with van der Waals surface area (Å²) in [5.74, 6) is -3.52. The van der Waals surface area contributed by atoms with Crippen molar-refractivity contribution in [3.8, 4) is 0 Å². The van der Waals surface area contributed by atoms with Gasteiger partial charge in [0.15, 0.2) is 0 Å². The molecule has 11 heteroatoms. The van der Waals surface area contributed by atoms with E-state index in [-0.39, 0.29) is 43.4 Å². The zero-order valence-corrected chi connectivity index (χ0v) is 16.7. The van der Waals surface area contributed by atoms with E-state index in [2.05, 4.69) is 19.3 Å². The zero-order chi connectivity index (χ0) is 19.4. The maximum Gasteiger partial charge on any atom is 0.248 e. The number of nitrogens with zero attached hydrogens (tertiary/aromatic N) is 2. The van der Waals surface area contributed by atoms with Gasteiger partial charge in [-0.05, 0) is 25.2 Å². The Hall–Kier alpha value is -1.50. The lowest BCUT2D eigenvalue weighted by Crippen LogP contribution is -2.44. The molecule has 1 saturated carbocycles. The monoisotopic (exact) mass is 497 g/mol. The van der Waals surface area contributed by atoms with E-state index in [1.165, 1.54) is 6.20 Å². The normalized spacial score (nSPS) is 23.8. The van der Waals surface area contributed by atoms with E-state index in [0.717, 1.165) is 6.42 Å². The van der Waals surface area contributed by atoms with Gasteiger partial charge in [0.2, 0.25) is 39.2 Å². The summed E-state index contributed by atoms with van der Waals surface area (Å²) in [6.45, 7) is 1.08. The van der Waals surface area contributed by atoms with Gasteiger partial charge in [0.25, 0.3) is 0 Å². The number of aromatic nitrogens is 2. The van der Waals surface area contributed by atoms with Crippen LogP contribution in [-0.4, -0.2) is 40.1 Å². The number of halogens is 3. The molecular formula is C16H22F2IN5O3. The van der Waals surface area contributed by atoms with Gasteiger partial charge in [0.1, 0.15) is 6.04 Å². The number of anilines is 1. The number of carbonyl (C=O) groups excluding carboxylic acids is 2. The number of nitrogens with one attached hydrogen (secondary N) is 3. The molecule has 0 spiro atoms. The van der Waals surface area contributed by atoms with Crippen LogP contribution in [0.4, 0.5) is 14.5 Å². The largest absolute Gasteiger partial charge is 0.356 e. The van der Waals surface area contributed by atoms with Crippen LogP contribution in [0.25, 0.3) is 0 Å². The maximum atomic E-state index is 13.4. The third-order valence-electron chi connectivity index (χ3n) is 5.15. The van der Waals surface area contributed by atoms with Gasteiger partial charge in [0.05, 0.1) is 24.3 Å². The van der Waals surface area contributed by atoms with Crippen molar-refractivity contribution in [2.75, 3.05) is 11.9 Å². The maximum absolute atomic E-state index is 13.4. The summed E-state index contributed by atoms with van der Waals surface area (Å²) in [5, 5.41) is 9.62.